The van der Waals surface area contributed by atoms with Crippen LogP contribution in [-0.2, 0) is 0 Å². The van der Waals surface area contributed by atoms with E-state index in [2.05, 4.69) is 34.1 Å². The number of ketones is 1. The molecule has 0 N–H and O–H groups in total. The van der Waals surface area contributed by atoms with E-state index in [4.69, 9.17) is 0 Å². The summed E-state index contributed by atoms with van der Waals surface area (Å²) in [6.07, 6.45) is 0. The number of hydrogen-bond acceptors (Lipinski definition) is 2. The molecule has 0 saturated heterocycles. The summed E-state index contributed by atoms with van der Waals surface area (Å²) in [5.41, 5.74) is 0.825. The molecule has 2 aromatic carbocycles. The van der Waals surface area contributed by atoms with E-state index >= 15 is 0 Å². The van der Waals surface area contributed by atoms with E-state index in [1.807, 2.05) is 23.6 Å². The van der Waals surface area contributed by atoms with Gasteiger partial charge in [0.25, 0.3) is 0 Å². The van der Waals surface area contributed by atoms with Crippen molar-refractivity contribution < 1.29 is 4.79 Å². The molecule has 3 heteroatoms. The summed E-state index contributed by atoms with van der Waals surface area (Å²) < 4.78 is 1.09. The fourth-order valence-electron chi connectivity index (χ4n) is 2.10. The number of halogens is 1. The Bertz CT molecular complexity index is 714. The molecule has 1 aromatic heterocycles. The van der Waals surface area contributed by atoms with Gasteiger partial charge in [-0.2, -0.15) is 0 Å². The summed E-state index contributed by atoms with van der Waals surface area (Å²) in [6.45, 7) is 0. The third kappa shape index (κ3) is 1.70. The first kappa shape index (κ1) is 10.9. The van der Waals surface area contributed by atoms with Crippen LogP contribution in [0.4, 0.5) is 0 Å². The second-order valence-electron chi connectivity index (χ2n) is 3.87. The molecule has 3 rings (SSSR count). The molecule has 0 aliphatic heterocycles. The Labute approximate surface area is 111 Å². The molecule has 0 radical (unpaired) electrons. The first-order chi connectivity index (χ1) is 8.31. The van der Waals surface area contributed by atoms with Gasteiger partial charge in [0, 0.05) is 15.6 Å². The van der Waals surface area contributed by atoms with E-state index in [9.17, 15) is 4.79 Å². The van der Waals surface area contributed by atoms with Crippen molar-refractivity contribution in [3.63, 3.8) is 0 Å². The van der Waals surface area contributed by atoms with E-state index in [0.29, 0.717) is 5.33 Å². The molecule has 0 aliphatic carbocycles. The van der Waals surface area contributed by atoms with Crippen molar-refractivity contribution in [2.75, 3.05) is 5.33 Å². The summed E-state index contributed by atoms with van der Waals surface area (Å²) in [7, 11) is 0. The van der Waals surface area contributed by atoms with Gasteiger partial charge in [-0.1, -0.05) is 40.2 Å². The molecule has 0 fully saturated rings. The average molecular weight is 305 g/mol. The summed E-state index contributed by atoms with van der Waals surface area (Å²) in [4.78, 5) is 11.9. The number of fused-ring (bicyclic) bond motifs is 3. The van der Waals surface area contributed by atoms with Gasteiger partial charge in [-0.05, 0) is 28.3 Å². The monoisotopic (exact) mass is 304 g/mol. The molecule has 0 amide bonds. The standard InChI is InChI=1S/C14H9BrOS/c15-8-13(16)12-7-9-3-1-2-4-10(9)11-5-6-17-14(11)12/h1-7H,8H2. The fourth-order valence-corrected chi connectivity index (χ4v) is 3.35. The number of rotatable bonds is 2. The molecule has 0 spiro atoms. The van der Waals surface area contributed by atoms with Crippen molar-refractivity contribution in [1.82, 2.24) is 0 Å². The predicted molar refractivity (Wildman–Crippen MR) is 77.5 cm³/mol. The first-order valence-electron chi connectivity index (χ1n) is 5.29. The van der Waals surface area contributed by atoms with Crippen molar-refractivity contribution in [3.8, 4) is 0 Å². The number of benzene rings is 2. The second kappa shape index (κ2) is 4.24. The van der Waals surface area contributed by atoms with E-state index in [1.165, 1.54) is 10.8 Å². The van der Waals surface area contributed by atoms with Gasteiger partial charge < -0.3 is 0 Å². The number of thiophene rings is 1. The zero-order valence-corrected chi connectivity index (χ0v) is 11.3. The number of carbonyl (C=O) groups is 1. The van der Waals surface area contributed by atoms with E-state index in [1.54, 1.807) is 11.3 Å². The minimum absolute atomic E-state index is 0.142. The van der Waals surface area contributed by atoms with Crippen LogP contribution < -0.4 is 0 Å². The Morgan fingerprint density at radius 2 is 2.00 bits per heavy atom. The van der Waals surface area contributed by atoms with Crippen LogP contribution in [-0.4, -0.2) is 11.1 Å². The van der Waals surface area contributed by atoms with Crippen LogP contribution >= 0.6 is 27.3 Å². The van der Waals surface area contributed by atoms with Gasteiger partial charge in [0.15, 0.2) is 5.78 Å². The Hall–Kier alpha value is -1.19. The Kier molecular flexibility index (Phi) is 2.73. The van der Waals surface area contributed by atoms with E-state index in [0.717, 1.165) is 15.6 Å². The van der Waals surface area contributed by atoms with Gasteiger partial charge in [0.2, 0.25) is 0 Å². The van der Waals surface area contributed by atoms with Crippen LogP contribution in [0.5, 0.6) is 0 Å². The fraction of sp³-hybridized carbons (Fsp3) is 0.0714. The number of alkyl halides is 1. The molecule has 0 aliphatic rings. The van der Waals surface area contributed by atoms with Crippen LogP contribution in [0.2, 0.25) is 0 Å². The second-order valence-corrected chi connectivity index (χ2v) is 5.34. The molecular formula is C14H9BrOS. The predicted octanol–water partition coefficient (Wildman–Crippen LogP) is 4.63. The summed E-state index contributed by atoms with van der Waals surface area (Å²) in [6, 6.07) is 12.3. The van der Waals surface area contributed by atoms with E-state index < -0.39 is 0 Å². The van der Waals surface area contributed by atoms with Gasteiger partial charge in [-0.25, -0.2) is 0 Å². The minimum Gasteiger partial charge on any atom is -0.293 e. The molecule has 0 bridgehead atoms. The SMILES string of the molecule is O=C(CBr)c1cc2ccccc2c2ccsc12. The normalized spacial score (nSPS) is 11.1. The lowest BCUT2D eigenvalue weighted by molar-refractivity contribution is 0.102. The van der Waals surface area contributed by atoms with Crippen molar-refractivity contribution in [1.29, 1.82) is 0 Å². The molecule has 17 heavy (non-hydrogen) atoms. The number of Topliss-reactive ketones (excluding diaryl/α,β-unsaturated/α-hetero) is 1. The third-order valence-electron chi connectivity index (χ3n) is 2.88. The van der Waals surface area contributed by atoms with Gasteiger partial charge in [-0.15, -0.1) is 11.3 Å². The molecular weight excluding hydrogens is 296 g/mol. The van der Waals surface area contributed by atoms with Crippen LogP contribution in [0.1, 0.15) is 10.4 Å². The molecule has 1 nitrogen and oxygen atoms in total. The number of carbonyl (C=O) groups excluding carboxylic acids is 1. The van der Waals surface area contributed by atoms with Crippen LogP contribution in [0.3, 0.4) is 0 Å². The highest BCUT2D eigenvalue weighted by Gasteiger charge is 2.12. The highest BCUT2D eigenvalue weighted by Crippen LogP contribution is 2.32. The maximum Gasteiger partial charge on any atom is 0.174 e. The number of hydrogen-bond donors (Lipinski definition) is 0. The maximum absolute atomic E-state index is 11.9. The highest BCUT2D eigenvalue weighted by atomic mass is 79.9. The average Bonchev–Trinajstić information content (AvgIpc) is 2.86. The van der Waals surface area contributed by atoms with Crippen LogP contribution in [0.15, 0.2) is 41.8 Å². The maximum atomic E-state index is 11.9. The molecule has 3 aromatic rings. The molecule has 0 unspecified atom stereocenters. The zero-order valence-electron chi connectivity index (χ0n) is 8.94. The van der Waals surface area contributed by atoms with Crippen molar-refractivity contribution in [3.05, 3.63) is 47.3 Å². The van der Waals surface area contributed by atoms with Gasteiger partial charge >= 0.3 is 0 Å². The molecule has 0 atom stereocenters. The molecule has 84 valence electrons. The lowest BCUT2D eigenvalue weighted by Crippen LogP contribution is -1.99. The highest BCUT2D eigenvalue weighted by molar-refractivity contribution is 9.09. The lowest BCUT2D eigenvalue weighted by atomic mass is 10.0. The lowest BCUT2D eigenvalue weighted by Gasteiger charge is -2.04. The quantitative estimate of drug-likeness (QED) is 0.498. The van der Waals surface area contributed by atoms with Crippen molar-refractivity contribution in [2.45, 2.75) is 0 Å². The molecule has 1 heterocycles. The van der Waals surface area contributed by atoms with Crippen molar-refractivity contribution >= 4 is 53.9 Å². The van der Waals surface area contributed by atoms with Gasteiger partial charge in [0.05, 0.1) is 5.33 Å². The largest absolute Gasteiger partial charge is 0.293 e. The Morgan fingerprint density at radius 3 is 2.82 bits per heavy atom. The summed E-state index contributed by atoms with van der Waals surface area (Å²) >= 11 is 4.88. The van der Waals surface area contributed by atoms with Gasteiger partial charge in [-0.3, -0.25) is 4.79 Å². The van der Waals surface area contributed by atoms with Crippen LogP contribution in [0.25, 0.3) is 20.9 Å². The van der Waals surface area contributed by atoms with E-state index in [-0.39, 0.29) is 5.78 Å². The zero-order chi connectivity index (χ0) is 11.8. The molecule has 0 saturated carbocycles. The minimum atomic E-state index is 0.142. The van der Waals surface area contributed by atoms with Crippen molar-refractivity contribution in [2.24, 2.45) is 0 Å². The van der Waals surface area contributed by atoms with Crippen LogP contribution in [0, 0.1) is 0 Å². The third-order valence-corrected chi connectivity index (χ3v) is 4.34. The Morgan fingerprint density at radius 1 is 1.18 bits per heavy atom. The Balaban J connectivity index is 2.48. The van der Waals surface area contributed by atoms with Gasteiger partial charge in [0.1, 0.15) is 0 Å². The topological polar surface area (TPSA) is 17.1 Å². The summed E-state index contributed by atoms with van der Waals surface area (Å²) in [5, 5.41) is 5.94. The summed E-state index contributed by atoms with van der Waals surface area (Å²) in [5.74, 6) is 0.142. The smallest absolute Gasteiger partial charge is 0.174 e. The first-order valence-corrected chi connectivity index (χ1v) is 7.29.